The van der Waals surface area contributed by atoms with E-state index in [0.29, 0.717) is 11.6 Å². The smallest absolute Gasteiger partial charge is 0.230 e. The summed E-state index contributed by atoms with van der Waals surface area (Å²) >= 11 is 0. The number of rotatable bonds is 1. The van der Waals surface area contributed by atoms with Crippen LogP contribution in [0.25, 0.3) is 5.76 Å². The van der Waals surface area contributed by atoms with E-state index in [1.165, 1.54) is 0 Å². The van der Waals surface area contributed by atoms with Gasteiger partial charge in [0.05, 0.1) is 0 Å². The molecule has 0 saturated heterocycles. The molecule has 1 aromatic rings. The first-order valence-electron chi connectivity index (χ1n) is 2.91. The Kier molecular flexibility index (Phi) is 1.10. The first-order valence-corrected chi connectivity index (χ1v) is 2.91. The predicted octanol–water partition coefficient (Wildman–Crippen LogP) is 0.712. The van der Waals surface area contributed by atoms with Gasteiger partial charge in [0.25, 0.3) is 0 Å². The molecule has 0 aromatic carbocycles. The third-order valence-corrected chi connectivity index (χ3v) is 1.20. The largest absolute Gasteiger partial charge is 0.461 e. The lowest BCUT2D eigenvalue weighted by Gasteiger charge is -1.93. The average molecular weight is 138 g/mol. The van der Waals surface area contributed by atoms with Gasteiger partial charge in [-0.2, -0.15) is 0 Å². The van der Waals surface area contributed by atoms with Crippen molar-refractivity contribution in [2.24, 2.45) is 0 Å². The molecule has 0 saturated carbocycles. The Morgan fingerprint density at radius 2 is 2.60 bits per heavy atom. The summed E-state index contributed by atoms with van der Waals surface area (Å²) in [4.78, 5) is 6.86. The van der Waals surface area contributed by atoms with Gasteiger partial charge in [-0.05, 0) is 0 Å². The van der Waals surface area contributed by atoms with Crippen LogP contribution in [0.15, 0.2) is 18.7 Å². The van der Waals surface area contributed by atoms with Crippen LogP contribution in [0.5, 0.6) is 0 Å². The Bertz CT molecular complexity index is 240. The Morgan fingerprint density at radius 3 is 3.20 bits per heavy atom. The summed E-state index contributed by atoms with van der Waals surface area (Å²) in [5.41, 5.74) is 0. The number of hydrogen-bond acceptors (Lipinski definition) is 3. The van der Waals surface area contributed by atoms with Crippen LogP contribution in [0.4, 0.5) is 0 Å². The maximum absolute atomic E-state index is 5.04. The fraction of sp³-hybridized carbons (Fsp3) is 0.167. The van der Waals surface area contributed by atoms with E-state index in [4.69, 9.17) is 9.47 Å². The van der Waals surface area contributed by atoms with E-state index in [9.17, 15) is 0 Å². The summed E-state index contributed by atoms with van der Waals surface area (Å²) < 4.78 is 9.88. The quantitative estimate of drug-likeness (QED) is 0.621. The zero-order valence-electron chi connectivity index (χ0n) is 5.20. The molecule has 1 N–H and O–H groups in total. The Hall–Kier alpha value is -1.45. The second-order valence-corrected chi connectivity index (χ2v) is 1.85. The van der Waals surface area contributed by atoms with Crippen molar-refractivity contribution in [2.45, 2.75) is 0 Å². The van der Waals surface area contributed by atoms with Crippen molar-refractivity contribution in [1.29, 1.82) is 0 Å². The Labute approximate surface area is 57.5 Å². The number of nitrogens with zero attached hydrogens (tertiary/aromatic N) is 1. The molecule has 1 aliphatic heterocycles. The lowest BCUT2D eigenvalue weighted by molar-refractivity contribution is 0.1000. The van der Waals surface area contributed by atoms with Gasteiger partial charge in [0.1, 0.15) is 6.26 Å². The normalized spacial score (nSPS) is 15.8. The standard InChI is InChI=1S/C6H6N2O2/c1-2-8-6(7-1)5-3-9-4-10-5/h1-3H,4H2,(H,7,8). The fourth-order valence-corrected chi connectivity index (χ4v) is 0.765. The van der Waals surface area contributed by atoms with Gasteiger partial charge < -0.3 is 14.5 Å². The Morgan fingerprint density at radius 1 is 1.60 bits per heavy atom. The topological polar surface area (TPSA) is 47.1 Å². The average Bonchev–Trinajstić information content (AvgIpc) is 2.59. The monoisotopic (exact) mass is 138 g/mol. The van der Waals surface area contributed by atoms with Crippen molar-refractivity contribution in [2.75, 3.05) is 6.79 Å². The molecule has 0 amide bonds. The minimum absolute atomic E-state index is 0.288. The highest BCUT2D eigenvalue weighted by atomic mass is 16.7. The molecule has 0 bridgehead atoms. The maximum atomic E-state index is 5.04. The summed E-state index contributed by atoms with van der Waals surface area (Å²) in [5, 5.41) is 0. The molecule has 0 radical (unpaired) electrons. The number of imidazole rings is 1. The van der Waals surface area contributed by atoms with Gasteiger partial charge in [0.15, 0.2) is 5.82 Å². The lowest BCUT2D eigenvalue weighted by atomic mass is 10.5. The van der Waals surface area contributed by atoms with E-state index in [0.717, 1.165) is 0 Å². The van der Waals surface area contributed by atoms with Crippen LogP contribution in [0.3, 0.4) is 0 Å². The molecule has 0 unspecified atom stereocenters. The predicted molar refractivity (Wildman–Crippen MR) is 33.6 cm³/mol. The SMILES string of the molecule is C1=C(c2ncc[nH]2)OCO1. The molecular formula is C6H6N2O2. The number of hydrogen-bond donors (Lipinski definition) is 1. The van der Waals surface area contributed by atoms with Crippen LogP contribution in [0, 0.1) is 0 Å². The van der Waals surface area contributed by atoms with Gasteiger partial charge in [0.2, 0.25) is 12.6 Å². The molecule has 0 aliphatic carbocycles. The van der Waals surface area contributed by atoms with E-state index in [2.05, 4.69) is 9.97 Å². The van der Waals surface area contributed by atoms with Gasteiger partial charge in [-0.25, -0.2) is 4.98 Å². The summed E-state index contributed by atoms with van der Waals surface area (Å²) in [6.45, 7) is 0.288. The van der Waals surface area contributed by atoms with Crippen LogP contribution in [0.2, 0.25) is 0 Å². The summed E-state index contributed by atoms with van der Waals surface area (Å²) in [5.74, 6) is 1.36. The molecule has 0 atom stereocenters. The van der Waals surface area contributed by atoms with E-state index in [-0.39, 0.29) is 6.79 Å². The molecule has 1 aliphatic rings. The summed E-state index contributed by atoms with van der Waals surface area (Å²) in [6.07, 6.45) is 4.94. The summed E-state index contributed by atoms with van der Waals surface area (Å²) in [6, 6.07) is 0. The van der Waals surface area contributed by atoms with Crippen LogP contribution in [-0.2, 0) is 9.47 Å². The molecule has 10 heavy (non-hydrogen) atoms. The fourth-order valence-electron chi connectivity index (χ4n) is 0.765. The van der Waals surface area contributed by atoms with Crippen molar-refractivity contribution in [3.8, 4) is 0 Å². The van der Waals surface area contributed by atoms with Crippen LogP contribution < -0.4 is 0 Å². The molecule has 4 heteroatoms. The minimum Gasteiger partial charge on any atom is -0.461 e. The highest BCUT2D eigenvalue weighted by Gasteiger charge is 2.09. The van der Waals surface area contributed by atoms with Gasteiger partial charge >= 0.3 is 0 Å². The zero-order valence-corrected chi connectivity index (χ0v) is 5.20. The highest BCUT2D eigenvalue weighted by Crippen LogP contribution is 2.15. The number of H-pyrrole nitrogens is 1. The third kappa shape index (κ3) is 0.737. The van der Waals surface area contributed by atoms with Crippen LogP contribution in [-0.4, -0.2) is 16.8 Å². The number of aromatic amines is 1. The summed E-state index contributed by atoms with van der Waals surface area (Å²) in [7, 11) is 0. The first-order chi connectivity index (χ1) is 4.97. The molecule has 0 fully saturated rings. The van der Waals surface area contributed by atoms with Crippen molar-refractivity contribution >= 4 is 5.76 Å². The number of nitrogens with one attached hydrogen (secondary N) is 1. The van der Waals surface area contributed by atoms with E-state index in [1.807, 2.05) is 0 Å². The van der Waals surface area contributed by atoms with Crippen LogP contribution >= 0.6 is 0 Å². The van der Waals surface area contributed by atoms with Crippen molar-refractivity contribution in [3.63, 3.8) is 0 Å². The second kappa shape index (κ2) is 2.06. The molecular weight excluding hydrogens is 132 g/mol. The molecule has 1 aromatic heterocycles. The van der Waals surface area contributed by atoms with E-state index >= 15 is 0 Å². The maximum Gasteiger partial charge on any atom is 0.230 e. The second-order valence-electron chi connectivity index (χ2n) is 1.85. The van der Waals surface area contributed by atoms with Crippen molar-refractivity contribution in [3.05, 3.63) is 24.5 Å². The van der Waals surface area contributed by atoms with Crippen molar-refractivity contribution < 1.29 is 9.47 Å². The first kappa shape index (κ1) is 5.34. The van der Waals surface area contributed by atoms with Crippen LogP contribution in [0.1, 0.15) is 5.82 Å². The molecule has 0 spiro atoms. The van der Waals surface area contributed by atoms with Crippen molar-refractivity contribution in [1.82, 2.24) is 9.97 Å². The third-order valence-electron chi connectivity index (χ3n) is 1.20. The minimum atomic E-state index is 0.288. The van der Waals surface area contributed by atoms with E-state index < -0.39 is 0 Å². The lowest BCUT2D eigenvalue weighted by Crippen LogP contribution is -1.87. The number of aromatic nitrogens is 2. The molecule has 2 heterocycles. The van der Waals surface area contributed by atoms with Gasteiger partial charge in [-0.15, -0.1) is 0 Å². The van der Waals surface area contributed by atoms with E-state index in [1.54, 1.807) is 18.7 Å². The molecule has 52 valence electrons. The number of ether oxygens (including phenoxy) is 2. The molecule has 2 rings (SSSR count). The highest BCUT2D eigenvalue weighted by molar-refractivity contribution is 5.51. The zero-order chi connectivity index (χ0) is 6.81. The Balaban J connectivity index is 2.28. The van der Waals surface area contributed by atoms with Gasteiger partial charge in [-0.1, -0.05) is 0 Å². The van der Waals surface area contributed by atoms with Gasteiger partial charge in [0, 0.05) is 12.4 Å². The molecule has 4 nitrogen and oxygen atoms in total. The van der Waals surface area contributed by atoms with Gasteiger partial charge in [-0.3, -0.25) is 0 Å².